The zero-order valence-electron chi connectivity index (χ0n) is 14.5. The Hall–Kier alpha value is -2.89. The predicted molar refractivity (Wildman–Crippen MR) is 97.4 cm³/mol. The first-order valence-corrected chi connectivity index (χ1v) is 8.24. The number of nitrogens with one attached hydrogen (secondary N) is 2. The smallest absolute Gasteiger partial charge is 0.191 e. The van der Waals surface area contributed by atoms with Gasteiger partial charge in [0, 0.05) is 25.6 Å². The number of nitrogens with zero attached hydrogens (tertiary/aromatic N) is 1. The molecule has 0 spiro atoms. The summed E-state index contributed by atoms with van der Waals surface area (Å²) in [5.41, 5.74) is 1.98. The molecule has 0 saturated heterocycles. The molecule has 0 fully saturated rings. The molecule has 132 valence electrons. The van der Waals surface area contributed by atoms with E-state index in [2.05, 4.69) is 21.7 Å². The van der Waals surface area contributed by atoms with Crippen molar-refractivity contribution in [3.8, 4) is 17.2 Å². The molecule has 0 aliphatic carbocycles. The minimum absolute atomic E-state index is 0.0844. The molecule has 25 heavy (non-hydrogen) atoms. The molecule has 0 radical (unpaired) electrons. The van der Waals surface area contributed by atoms with Crippen LogP contribution in [-0.2, 0) is 13.0 Å². The number of ether oxygens (including phenoxy) is 2. The largest absolute Gasteiger partial charge is 0.508 e. The number of fused-ring (bicyclic) bond motifs is 1. The lowest BCUT2D eigenvalue weighted by Gasteiger charge is -2.16. The van der Waals surface area contributed by atoms with Crippen molar-refractivity contribution >= 4 is 5.96 Å². The van der Waals surface area contributed by atoms with E-state index in [1.165, 1.54) is 5.56 Å². The third-order valence-electron chi connectivity index (χ3n) is 4.17. The maximum atomic E-state index is 9.94. The molecule has 0 saturated carbocycles. The van der Waals surface area contributed by atoms with Crippen LogP contribution in [0.4, 0.5) is 0 Å². The molecule has 1 aliphatic rings. The first kappa shape index (κ1) is 17.0. The summed E-state index contributed by atoms with van der Waals surface area (Å²) >= 11 is 0. The van der Waals surface area contributed by atoms with Crippen LogP contribution in [0.5, 0.6) is 17.2 Å². The first-order valence-electron chi connectivity index (χ1n) is 8.24. The summed E-state index contributed by atoms with van der Waals surface area (Å²) in [4.78, 5) is 4.21. The monoisotopic (exact) mass is 341 g/mol. The first-order chi connectivity index (χ1) is 12.2. The number of phenols is 1. The van der Waals surface area contributed by atoms with Crippen LogP contribution in [-0.4, -0.2) is 37.9 Å². The van der Waals surface area contributed by atoms with E-state index in [4.69, 9.17) is 9.47 Å². The molecule has 0 aromatic heterocycles. The molecule has 1 heterocycles. The van der Waals surface area contributed by atoms with Gasteiger partial charge in [0.1, 0.15) is 23.4 Å². The lowest BCUT2D eigenvalue weighted by Crippen LogP contribution is -2.41. The van der Waals surface area contributed by atoms with Crippen molar-refractivity contribution in [2.24, 2.45) is 4.99 Å². The summed E-state index contributed by atoms with van der Waals surface area (Å²) in [6, 6.07) is 13.2. The van der Waals surface area contributed by atoms with Gasteiger partial charge in [-0.2, -0.15) is 0 Å². The lowest BCUT2D eigenvalue weighted by atomic mass is 10.1. The SMILES string of the molecule is CN=C(NCc1cc(OC)ccc1O)NCC1Cc2ccccc2O1. The Kier molecular flexibility index (Phi) is 5.28. The van der Waals surface area contributed by atoms with Gasteiger partial charge >= 0.3 is 0 Å². The summed E-state index contributed by atoms with van der Waals surface area (Å²) in [6.07, 6.45) is 0.970. The van der Waals surface area contributed by atoms with Crippen molar-refractivity contribution in [1.29, 1.82) is 0 Å². The molecule has 1 atom stereocenters. The second-order valence-corrected chi connectivity index (χ2v) is 5.85. The molecular formula is C19H23N3O3. The van der Waals surface area contributed by atoms with Crippen LogP contribution in [0, 0.1) is 0 Å². The van der Waals surface area contributed by atoms with Gasteiger partial charge < -0.3 is 25.2 Å². The number of rotatable bonds is 5. The average molecular weight is 341 g/mol. The number of guanidine groups is 1. The number of methoxy groups -OCH3 is 1. The van der Waals surface area contributed by atoms with Gasteiger partial charge in [0.15, 0.2) is 5.96 Å². The van der Waals surface area contributed by atoms with Crippen molar-refractivity contribution in [3.05, 3.63) is 53.6 Å². The molecule has 2 aromatic carbocycles. The van der Waals surface area contributed by atoms with Gasteiger partial charge in [-0.3, -0.25) is 4.99 Å². The van der Waals surface area contributed by atoms with Crippen molar-refractivity contribution in [3.63, 3.8) is 0 Å². The van der Waals surface area contributed by atoms with Crippen molar-refractivity contribution < 1.29 is 14.6 Å². The zero-order chi connectivity index (χ0) is 17.6. The van der Waals surface area contributed by atoms with Crippen molar-refractivity contribution in [1.82, 2.24) is 10.6 Å². The average Bonchev–Trinajstić information content (AvgIpc) is 3.06. The Morgan fingerprint density at radius 2 is 2.12 bits per heavy atom. The Morgan fingerprint density at radius 3 is 2.88 bits per heavy atom. The number of para-hydroxylation sites is 1. The lowest BCUT2D eigenvalue weighted by molar-refractivity contribution is 0.235. The maximum Gasteiger partial charge on any atom is 0.191 e. The van der Waals surface area contributed by atoms with Gasteiger partial charge in [0.2, 0.25) is 0 Å². The summed E-state index contributed by atoms with van der Waals surface area (Å²) < 4.78 is 11.1. The van der Waals surface area contributed by atoms with Gasteiger partial charge in [-0.25, -0.2) is 0 Å². The predicted octanol–water partition coefficient (Wildman–Crippen LogP) is 2.07. The minimum Gasteiger partial charge on any atom is -0.508 e. The molecule has 1 aliphatic heterocycles. The summed E-state index contributed by atoms with van der Waals surface area (Å²) in [5, 5.41) is 16.4. The highest BCUT2D eigenvalue weighted by atomic mass is 16.5. The third-order valence-corrected chi connectivity index (χ3v) is 4.17. The number of benzene rings is 2. The molecule has 1 unspecified atom stereocenters. The zero-order valence-corrected chi connectivity index (χ0v) is 14.5. The van der Waals surface area contributed by atoms with E-state index < -0.39 is 0 Å². The Labute approximate surface area is 147 Å². The van der Waals surface area contributed by atoms with Crippen LogP contribution in [0.15, 0.2) is 47.5 Å². The molecule has 3 N–H and O–H groups in total. The van der Waals surface area contributed by atoms with Crippen LogP contribution in [0.1, 0.15) is 11.1 Å². The number of hydrogen-bond donors (Lipinski definition) is 3. The summed E-state index contributed by atoms with van der Waals surface area (Å²) in [7, 11) is 3.31. The van der Waals surface area contributed by atoms with Gasteiger partial charge in [0.25, 0.3) is 0 Å². The Bertz CT molecular complexity index is 736. The molecule has 6 nitrogen and oxygen atoms in total. The van der Waals surface area contributed by atoms with Gasteiger partial charge in [0.05, 0.1) is 13.7 Å². The van der Waals surface area contributed by atoms with E-state index in [1.54, 1.807) is 32.4 Å². The number of aromatic hydroxyl groups is 1. The molecule has 0 amide bonds. The number of hydrogen-bond acceptors (Lipinski definition) is 4. The normalized spacial score (nSPS) is 16.1. The number of phenolic OH excluding ortho intramolecular Hbond substituents is 1. The fourth-order valence-corrected chi connectivity index (χ4v) is 2.81. The van der Waals surface area contributed by atoms with Gasteiger partial charge in [-0.1, -0.05) is 18.2 Å². The van der Waals surface area contributed by atoms with E-state index in [1.807, 2.05) is 18.2 Å². The van der Waals surface area contributed by atoms with Crippen LogP contribution < -0.4 is 20.1 Å². The number of aliphatic imine (C=N–C) groups is 1. The standard InChI is InChI=1S/C19H23N3O3/c1-20-19(21-11-14-10-15(24-2)7-8-17(14)23)22-12-16-9-13-5-3-4-6-18(13)25-16/h3-8,10,16,23H,9,11-12H2,1-2H3,(H2,20,21,22). The van der Waals surface area contributed by atoms with Crippen molar-refractivity contribution in [2.75, 3.05) is 20.7 Å². The molecule has 3 rings (SSSR count). The van der Waals surface area contributed by atoms with E-state index in [9.17, 15) is 5.11 Å². The summed E-state index contributed by atoms with van der Waals surface area (Å²) in [5.74, 6) is 2.54. The second kappa shape index (κ2) is 7.79. The van der Waals surface area contributed by atoms with Crippen LogP contribution in [0.25, 0.3) is 0 Å². The highest BCUT2D eigenvalue weighted by Gasteiger charge is 2.22. The van der Waals surface area contributed by atoms with Crippen molar-refractivity contribution in [2.45, 2.75) is 19.1 Å². The summed E-state index contributed by atoms with van der Waals surface area (Å²) in [6.45, 7) is 1.09. The topological polar surface area (TPSA) is 75.1 Å². The fourth-order valence-electron chi connectivity index (χ4n) is 2.81. The maximum absolute atomic E-state index is 9.94. The molecule has 6 heteroatoms. The molecular weight excluding hydrogens is 318 g/mol. The molecule has 0 bridgehead atoms. The van der Waals surface area contributed by atoms with Crippen LogP contribution >= 0.6 is 0 Å². The minimum atomic E-state index is 0.0844. The van der Waals surface area contributed by atoms with E-state index in [-0.39, 0.29) is 11.9 Å². The van der Waals surface area contributed by atoms with E-state index in [0.29, 0.717) is 24.8 Å². The Balaban J connectivity index is 1.51. The third kappa shape index (κ3) is 4.15. The van der Waals surface area contributed by atoms with Gasteiger partial charge in [-0.15, -0.1) is 0 Å². The Morgan fingerprint density at radius 1 is 1.28 bits per heavy atom. The van der Waals surface area contributed by atoms with E-state index >= 15 is 0 Å². The van der Waals surface area contributed by atoms with Crippen LogP contribution in [0.3, 0.4) is 0 Å². The van der Waals surface area contributed by atoms with Gasteiger partial charge in [-0.05, 0) is 29.8 Å². The van der Waals surface area contributed by atoms with Crippen LogP contribution in [0.2, 0.25) is 0 Å². The highest BCUT2D eigenvalue weighted by molar-refractivity contribution is 5.79. The second-order valence-electron chi connectivity index (χ2n) is 5.85. The fraction of sp³-hybridized carbons (Fsp3) is 0.316. The molecule has 2 aromatic rings. The quantitative estimate of drug-likeness (QED) is 0.573. The highest BCUT2D eigenvalue weighted by Crippen LogP contribution is 2.27. The van der Waals surface area contributed by atoms with E-state index in [0.717, 1.165) is 17.7 Å².